The van der Waals surface area contributed by atoms with E-state index in [1.807, 2.05) is 7.05 Å². The van der Waals surface area contributed by atoms with E-state index >= 15 is 0 Å². The van der Waals surface area contributed by atoms with Gasteiger partial charge < -0.3 is 10.2 Å². The number of carbonyl (C=O) groups excluding carboxylic acids is 1. The monoisotopic (exact) mass is 266 g/mol. The van der Waals surface area contributed by atoms with E-state index in [-0.39, 0.29) is 5.92 Å². The summed E-state index contributed by atoms with van der Waals surface area (Å²) in [5.74, 6) is 1.19. The first kappa shape index (κ1) is 14.8. The van der Waals surface area contributed by atoms with Crippen LogP contribution in [0.1, 0.15) is 52.9 Å². The maximum Gasteiger partial charge on any atom is 0.226 e. The van der Waals surface area contributed by atoms with Crippen LogP contribution in [-0.4, -0.2) is 37.0 Å². The van der Waals surface area contributed by atoms with Gasteiger partial charge in [-0.2, -0.15) is 0 Å². The van der Waals surface area contributed by atoms with Crippen LogP contribution in [0.15, 0.2) is 0 Å². The SMILES string of the molecule is CC1CNCC(C(=O)N(C)C2CCC(C)(C)CC2)C1. The Bertz CT molecular complexity index is 317. The zero-order valence-electron chi connectivity index (χ0n) is 13.0. The zero-order chi connectivity index (χ0) is 14.0. The lowest BCUT2D eigenvalue weighted by molar-refractivity contribution is -0.138. The molecule has 1 heterocycles. The van der Waals surface area contributed by atoms with Crippen molar-refractivity contribution in [2.24, 2.45) is 17.3 Å². The van der Waals surface area contributed by atoms with Gasteiger partial charge in [-0.05, 0) is 50.0 Å². The van der Waals surface area contributed by atoms with Crippen molar-refractivity contribution in [2.75, 3.05) is 20.1 Å². The van der Waals surface area contributed by atoms with Gasteiger partial charge >= 0.3 is 0 Å². The molecule has 0 aromatic heterocycles. The Labute approximate surface area is 118 Å². The molecule has 2 fully saturated rings. The van der Waals surface area contributed by atoms with Crippen LogP contribution in [0.25, 0.3) is 0 Å². The molecule has 0 bridgehead atoms. The molecule has 3 heteroatoms. The molecule has 1 saturated heterocycles. The van der Waals surface area contributed by atoms with Crippen LogP contribution in [0.5, 0.6) is 0 Å². The van der Waals surface area contributed by atoms with Crippen LogP contribution in [0, 0.1) is 17.3 Å². The van der Waals surface area contributed by atoms with Crippen molar-refractivity contribution in [1.82, 2.24) is 10.2 Å². The molecule has 0 aromatic carbocycles. The summed E-state index contributed by atoms with van der Waals surface area (Å²) in [5.41, 5.74) is 0.474. The van der Waals surface area contributed by atoms with Crippen LogP contribution in [0.4, 0.5) is 0 Å². The number of hydrogen-bond donors (Lipinski definition) is 1. The molecule has 1 aliphatic heterocycles. The molecule has 1 amide bonds. The minimum atomic E-state index is 0.198. The third kappa shape index (κ3) is 3.71. The predicted molar refractivity (Wildman–Crippen MR) is 78.9 cm³/mol. The van der Waals surface area contributed by atoms with Crippen LogP contribution >= 0.6 is 0 Å². The first-order chi connectivity index (χ1) is 8.89. The number of amides is 1. The van der Waals surface area contributed by atoms with Crippen molar-refractivity contribution in [3.8, 4) is 0 Å². The molecular formula is C16H30N2O. The maximum absolute atomic E-state index is 12.6. The summed E-state index contributed by atoms with van der Waals surface area (Å²) in [6, 6.07) is 0.470. The van der Waals surface area contributed by atoms with Crippen LogP contribution in [0.2, 0.25) is 0 Å². The second-order valence-electron chi connectivity index (χ2n) is 7.54. The van der Waals surface area contributed by atoms with Gasteiger partial charge in [0, 0.05) is 19.6 Å². The molecule has 2 rings (SSSR count). The molecule has 3 nitrogen and oxygen atoms in total. The molecule has 2 unspecified atom stereocenters. The van der Waals surface area contributed by atoms with E-state index in [1.54, 1.807) is 0 Å². The van der Waals surface area contributed by atoms with Crippen molar-refractivity contribution < 1.29 is 4.79 Å². The van der Waals surface area contributed by atoms with Gasteiger partial charge in [-0.15, -0.1) is 0 Å². The lowest BCUT2D eigenvalue weighted by Gasteiger charge is -2.40. The second kappa shape index (κ2) is 5.82. The number of nitrogens with zero attached hydrogens (tertiary/aromatic N) is 1. The number of piperidine rings is 1. The first-order valence-electron chi connectivity index (χ1n) is 7.86. The summed E-state index contributed by atoms with van der Waals surface area (Å²) in [4.78, 5) is 14.6. The van der Waals surface area contributed by atoms with Gasteiger partial charge in [0.2, 0.25) is 5.91 Å². The zero-order valence-corrected chi connectivity index (χ0v) is 13.0. The minimum absolute atomic E-state index is 0.198. The van der Waals surface area contributed by atoms with Gasteiger partial charge in [-0.25, -0.2) is 0 Å². The largest absolute Gasteiger partial charge is 0.342 e. The highest BCUT2D eigenvalue weighted by atomic mass is 16.2. The summed E-state index contributed by atoms with van der Waals surface area (Å²) < 4.78 is 0. The normalized spacial score (nSPS) is 32.0. The summed E-state index contributed by atoms with van der Waals surface area (Å²) >= 11 is 0. The Hall–Kier alpha value is -0.570. The molecule has 2 atom stereocenters. The summed E-state index contributed by atoms with van der Waals surface area (Å²) in [6.45, 7) is 8.85. The van der Waals surface area contributed by atoms with Crippen molar-refractivity contribution in [1.29, 1.82) is 0 Å². The van der Waals surface area contributed by atoms with Crippen LogP contribution in [0.3, 0.4) is 0 Å². The van der Waals surface area contributed by atoms with E-state index in [1.165, 1.54) is 25.7 Å². The molecule has 0 aromatic rings. The van der Waals surface area contributed by atoms with Gasteiger partial charge in [0.15, 0.2) is 0 Å². The number of carbonyl (C=O) groups is 1. The third-order valence-corrected chi connectivity index (χ3v) is 5.12. The van der Waals surface area contributed by atoms with Gasteiger partial charge in [-0.3, -0.25) is 4.79 Å². The smallest absolute Gasteiger partial charge is 0.226 e. The molecule has 1 N–H and O–H groups in total. The van der Waals surface area contributed by atoms with E-state index in [0.29, 0.717) is 23.3 Å². The third-order valence-electron chi connectivity index (χ3n) is 5.12. The average Bonchev–Trinajstić information content (AvgIpc) is 2.37. The molecule has 1 saturated carbocycles. The predicted octanol–water partition coefficient (Wildman–Crippen LogP) is 2.66. The van der Waals surface area contributed by atoms with Crippen LogP contribution < -0.4 is 5.32 Å². The Balaban J connectivity index is 1.88. The van der Waals surface area contributed by atoms with Gasteiger partial charge in [0.1, 0.15) is 0 Å². The Morgan fingerprint density at radius 3 is 2.42 bits per heavy atom. The van der Waals surface area contributed by atoms with Gasteiger partial charge in [-0.1, -0.05) is 20.8 Å². The molecule has 0 spiro atoms. The molecular weight excluding hydrogens is 236 g/mol. The highest BCUT2D eigenvalue weighted by molar-refractivity contribution is 5.79. The van der Waals surface area contributed by atoms with Crippen molar-refractivity contribution in [3.63, 3.8) is 0 Å². The lowest BCUT2D eigenvalue weighted by Crippen LogP contribution is -2.48. The Morgan fingerprint density at radius 1 is 1.21 bits per heavy atom. The van der Waals surface area contributed by atoms with Crippen molar-refractivity contribution >= 4 is 5.91 Å². The second-order valence-corrected chi connectivity index (χ2v) is 7.54. The Morgan fingerprint density at radius 2 is 1.84 bits per heavy atom. The Kier molecular flexibility index (Phi) is 4.54. The topological polar surface area (TPSA) is 32.3 Å². The lowest BCUT2D eigenvalue weighted by atomic mass is 9.75. The summed E-state index contributed by atoms with van der Waals surface area (Å²) in [7, 11) is 2.02. The van der Waals surface area contributed by atoms with E-state index in [4.69, 9.17) is 0 Å². The fraction of sp³-hybridized carbons (Fsp3) is 0.938. The number of nitrogens with one attached hydrogen (secondary N) is 1. The molecule has 0 radical (unpaired) electrons. The molecule has 2 aliphatic rings. The summed E-state index contributed by atoms with van der Waals surface area (Å²) in [6.07, 6.45) is 5.88. The molecule has 110 valence electrons. The molecule has 19 heavy (non-hydrogen) atoms. The maximum atomic E-state index is 12.6. The summed E-state index contributed by atoms with van der Waals surface area (Å²) in [5, 5.41) is 3.39. The standard InChI is InChI=1S/C16H30N2O/c1-12-9-13(11-17-10-12)15(19)18(4)14-5-7-16(2,3)8-6-14/h12-14,17H,5-11H2,1-4H3. The highest BCUT2D eigenvalue weighted by Gasteiger charge is 2.34. The fourth-order valence-electron chi connectivity index (χ4n) is 3.58. The van der Waals surface area contributed by atoms with Crippen molar-refractivity contribution in [3.05, 3.63) is 0 Å². The molecule has 1 aliphatic carbocycles. The first-order valence-corrected chi connectivity index (χ1v) is 7.86. The quantitative estimate of drug-likeness (QED) is 0.833. The fourth-order valence-corrected chi connectivity index (χ4v) is 3.58. The minimum Gasteiger partial charge on any atom is -0.342 e. The highest BCUT2D eigenvalue weighted by Crippen LogP contribution is 2.37. The van der Waals surface area contributed by atoms with Crippen LogP contribution in [-0.2, 0) is 4.79 Å². The van der Waals surface area contributed by atoms with E-state index in [2.05, 4.69) is 31.0 Å². The van der Waals surface area contributed by atoms with Gasteiger partial charge in [0.05, 0.1) is 5.92 Å². The van der Waals surface area contributed by atoms with E-state index < -0.39 is 0 Å². The average molecular weight is 266 g/mol. The van der Waals surface area contributed by atoms with E-state index in [0.717, 1.165) is 19.5 Å². The van der Waals surface area contributed by atoms with Crippen molar-refractivity contribution in [2.45, 2.75) is 58.9 Å². The van der Waals surface area contributed by atoms with Gasteiger partial charge in [0.25, 0.3) is 0 Å². The number of hydrogen-bond acceptors (Lipinski definition) is 2. The van der Waals surface area contributed by atoms with E-state index in [9.17, 15) is 4.79 Å². The number of rotatable bonds is 2.